The molecular formula is C46H66N10O7. The Balaban J connectivity index is 1.45. The average molecular weight is 871 g/mol. The Morgan fingerprint density at radius 1 is 0.746 bits per heavy atom. The molecule has 2 saturated heterocycles. The number of rotatable bonds is 14. The lowest BCUT2D eigenvalue weighted by Gasteiger charge is -2.32. The number of fused-ring (bicyclic) bond motifs is 1. The second-order valence-electron chi connectivity index (χ2n) is 17.0. The highest BCUT2D eigenvalue weighted by Gasteiger charge is 2.40. The van der Waals surface area contributed by atoms with Crippen LogP contribution in [0, 0.1) is 5.92 Å². The summed E-state index contributed by atoms with van der Waals surface area (Å²) in [6.07, 6.45) is 7.83. The number of guanidine groups is 1. The fourth-order valence-electron chi connectivity index (χ4n) is 8.78. The fourth-order valence-corrected chi connectivity index (χ4v) is 8.78. The molecule has 10 N–H and O–H groups in total. The van der Waals surface area contributed by atoms with Crippen molar-refractivity contribution < 1.29 is 33.6 Å². The quantitative estimate of drug-likeness (QED) is 0.0771. The zero-order chi connectivity index (χ0) is 45.1. The van der Waals surface area contributed by atoms with Crippen molar-refractivity contribution >= 4 is 47.3 Å². The minimum atomic E-state index is -1.12. The maximum absolute atomic E-state index is 14.5. The SMILES string of the molecule is CC(=O)N[C@@H](Cc1ccccc1)C(=O)NC1CCCNC(=O)C(CCCN=C(N)N)NC(=O)C(CCc2ccccc2)NC(=O)[C@@H](CC2CCCCC2)NC(=O)C2CCCN2C1=O. The first kappa shape index (κ1) is 48.0. The number of benzene rings is 2. The summed E-state index contributed by atoms with van der Waals surface area (Å²) in [4.78, 5) is 103. The molecule has 342 valence electrons. The van der Waals surface area contributed by atoms with Gasteiger partial charge in [-0.15, -0.1) is 0 Å². The third-order valence-electron chi connectivity index (χ3n) is 12.1. The maximum atomic E-state index is 14.5. The van der Waals surface area contributed by atoms with Crippen LogP contribution in [-0.2, 0) is 46.4 Å². The van der Waals surface area contributed by atoms with Crippen LogP contribution in [0.25, 0.3) is 0 Å². The molecule has 0 spiro atoms. The van der Waals surface area contributed by atoms with Crippen LogP contribution in [-0.4, -0.2) is 108 Å². The molecule has 17 heteroatoms. The van der Waals surface area contributed by atoms with E-state index >= 15 is 0 Å². The van der Waals surface area contributed by atoms with Gasteiger partial charge in [0.05, 0.1) is 0 Å². The van der Waals surface area contributed by atoms with Crippen molar-refractivity contribution in [2.75, 3.05) is 19.6 Å². The molecule has 4 unspecified atom stereocenters. The van der Waals surface area contributed by atoms with Gasteiger partial charge in [-0.25, -0.2) is 0 Å². The van der Waals surface area contributed by atoms with Crippen LogP contribution in [0.5, 0.6) is 0 Å². The number of amides is 7. The lowest BCUT2D eigenvalue weighted by molar-refractivity contribution is -0.143. The zero-order valence-electron chi connectivity index (χ0n) is 36.4. The molecule has 17 nitrogen and oxygen atoms in total. The van der Waals surface area contributed by atoms with E-state index < -0.39 is 77.6 Å². The van der Waals surface area contributed by atoms with Crippen molar-refractivity contribution in [2.45, 2.75) is 139 Å². The van der Waals surface area contributed by atoms with Crippen LogP contribution in [0.1, 0.15) is 102 Å². The van der Waals surface area contributed by atoms with E-state index in [9.17, 15) is 33.6 Å². The largest absolute Gasteiger partial charge is 0.370 e. The molecule has 2 aromatic carbocycles. The van der Waals surface area contributed by atoms with Gasteiger partial charge in [-0.3, -0.25) is 38.6 Å². The molecule has 1 saturated carbocycles. The van der Waals surface area contributed by atoms with E-state index in [1.165, 1.54) is 11.8 Å². The Kier molecular flexibility index (Phi) is 18.8. The van der Waals surface area contributed by atoms with E-state index in [0.717, 1.165) is 43.2 Å². The molecule has 0 radical (unpaired) electrons. The van der Waals surface area contributed by atoms with Crippen molar-refractivity contribution in [1.82, 2.24) is 36.8 Å². The molecule has 2 aliphatic heterocycles. The molecule has 0 aromatic heterocycles. The number of aryl methyl sites for hydroxylation is 1. The lowest BCUT2D eigenvalue weighted by atomic mass is 9.84. The van der Waals surface area contributed by atoms with Crippen LogP contribution >= 0.6 is 0 Å². The van der Waals surface area contributed by atoms with Crippen LogP contribution in [0.4, 0.5) is 0 Å². The Labute approximate surface area is 370 Å². The van der Waals surface area contributed by atoms with E-state index in [0.29, 0.717) is 32.1 Å². The third kappa shape index (κ3) is 15.4. The van der Waals surface area contributed by atoms with Crippen molar-refractivity contribution in [1.29, 1.82) is 0 Å². The standard InChI is InChI=1S/C46H66N10O7/c1-30(57)51-37(28-32-16-7-3-8-17-32)42(60)54-36-21-12-25-49-40(58)34(20-11-26-50-46(47)48)52-41(59)35(24-23-31-14-5-2-6-15-31)53-43(61)38(29-33-18-9-4-10-19-33)55-44(62)39-22-13-27-56(39)45(36)63/h2-3,5-8,14-17,33-39H,4,9-13,18-29H2,1H3,(H,49,58)(H,51,57)(H,52,59)(H,53,61)(H,54,60)(H,55,62)(H4,47,48,50)/t34?,35?,36?,37-,38+,39?/m0/s1. The molecule has 0 bridgehead atoms. The summed E-state index contributed by atoms with van der Waals surface area (Å²) in [5, 5.41) is 17.3. The third-order valence-corrected chi connectivity index (χ3v) is 12.1. The van der Waals surface area contributed by atoms with Gasteiger partial charge in [0.1, 0.15) is 36.3 Å². The summed E-state index contributed by atoms with van der Waals surface area (Å²) in [6.45, 7) is 1.86. The Morgan fingerprint density at radius 3 is 2.05 bits per heavy atom. The number of nitrogens with one attached hydrogen (secondary N) is 6. The number of carbonyl (C=O) groups is 7. The van der Waals surface area contributed by atoms with Gasteiger partial charge in [-0.2, -0.15) is 0 Å². The number of nitrogens with two attached hydrogens (primary N) is 2. The normalized spacial score (nSPS) is 23.7. The van der Waals surface area contributed by atoms with Crippen molar-refractivity contribution in [3.63, 3.8) is 0 Å². The van der Waals surface area contributed by atoms with E-state index in [1.807, 2.05) is 60.7 Å². The molecule has 3 fully saturated rings. The summed E-state index contributed by atoms with van der Waals surface area (Å²) < 4.78 is 0. The number of nitrogens with zero attached hydrogens (tertiary/aromatic N) is 2. The highest BCUT2D eigenvalue weighted by Crippen LogP contribution is 2.28. The lowest BCUT2D eigenvalue weighted by Crippen LogP contribution is -2.60. The summed E-state index contributed by atoms with van der Waals surface area (Å²) in [6, 6.07) is 12.6. The van der Waals surface area contributed by atoms with Gasteiger partial charge in [-0.1, -0.05) is 92.8 Å². The second kappa shape index (κ2) is 24.6. The summed E-state index contributed by atoms with van der Waals surface area (Å²) in [7, 11) is 0. The van der Waals surface area contributed by atoms with Crippen molar-refractivity contribution in [3.8, 4) is 0 Å². The minimum Gasteiger partial charge on any atom is -0.370 e. The first-order valence-corrected chi connectivity index (χ1v) is 22.6. The molecule has 3 aliphatic rings. The van der Waals surface area contributed by atoms with Crippen LogP contribution in [0.3, 0.4) is 0 Å². The topological polar surface area (TPSA) is 259 Å². The summed E-state index contributed by atoms with van der Waals surface area (Å²) in [5.41, 5.74) is 12.8. The van der Waals surface area contributed by atoms with E-state index in [1.54, 1.807) is 0 Å². The Morgan fingerprint density at radius 2 is 1.38 bits per heavy atom. The highest BCUT2D eigenvalue weighted by molar-refractivity contribution is 5.97. The number of aliphatic imine (C=N–C) groups is 1. The molecule has 2 heterocycles. The van der Waals surface area contributed by atoms with Gasteiger partial charge in [0, 0.05) is 33.0 Å². The van der Waals surface area contributed by atoms with Gasteiger partial charge in [-0.05, 0) is 74.8 Å². The molecule has 6 atom stereocenters. The predicted molar refractivity (Wildman–Crippen MR) is 238 cm³/mol. The Bertz CT molecular complexity index is 1890. The molecular weight excluding hydrogens is 805 g/mol. The first-order chi connectivity index (χ1) is 30.4. The minimum absolute atomic E-state index is 0.0822. The van der Waals surface area contributed by atoms with Crippen LogP contribution in [0.2, 0.25) is 0 Å². The van der Waals surface area contributed by atoms with E-state index in [-0.39, 0.29) is 63.6 Å². The first-order valence-electron chi connectivity index (χ1n) is 22.6. The van der Waals surface area contributed by atoms with Gasteiger partial charge >= 0.3 is 0 Å². The second-order valence-corrected chi connectivity index (χ2v) is 17.0. The Hall–Kier alpha value is -6.00. The molecule has 5 rings (SSSR count). The molecule has 1 aliphatic carbocycles. The zero-order valence-corrected chi connectivity index (χ0v) is 36.4. The highest BCUT2D eigenvalue weighted by atomic mass is 16.2. The fraction of sp³-hybridized carbons (Fsp3) is 0.565. The predicted octanol–water partition coefficient (Wildman–Crippen LogP) is 1.23. The van der Waals surface area contributed by atoms with Crippen molar-refractivity contribution in [2.24, 2.45) is 22.4 Å². The van der Waals surface area contributed by atoms with E-state index in [2.05, 4.69) is 36.9 Å². The van der Waals surface area contributed by atoms with Gasteiger partial charge in [0.15, 0.2) is 5.96 Å². The number of hydrogen-bond donors (Lipinski definition) is 8. The molecule has 63 heavy (non-hydrogen) atoms. The molecule has 2 aromatic rings. The van der Waals surface area contributed by atoms with Gasteiger partial charge in [0.2, 0.25) is 41.4 Å². The smallest absolute Gasteiger partial charge is 0.245 e. The van der Waals surface area contributed by atoms with Gasteiger partial charge in [0.25, 0.3) is 0 Å². The van der Waals surface area contributed by atoms with Crippen LogP contribution in [0.15, 0.2) is 65.7 Å². The maximum Gasteiger partial charge on any atom is 0.245 e. The van der Waals surface area contributed by atoms with Crippen molar-refractivity contribution in [3.05, 3.63) is 71.8 Å². The number of hydrogen-bond acceptors (Lipinski definition) is 8. The van der Waals surface area contributed by atoms with E-state index in [4.69, 9.17) is 11.5 Å². The number of carbonyl (C=O) groups excluding carboxylic acids is 7. The van der Waals surface area contributed by atoms with Gasteiger partial charge < -0.3 is 48.3 Å². The average Bonchev–Trinajstić information content (AvgIpc) is 3.77. The van der Waals surface area contributed by atoms with Crippen LogP contribution < -0.4 is 43.4 Å². The molecule has 7 amide bonds. The summed E-state index contributed by atoms with van der Waals surface area (Å²) in [5.74, 6) is -3.46. The summed E-state index contributed by atoms with van der Waals surface area (Å²) >= 11 is 0. The monoisotopic (exact) mass is 871 g/mol.